The lowest BCUT2D eigenvalue weighted by molar-refractivity contribution is -0.141. The predicted molar refractivity (Wildman–Crippen MR) is 48.8 cm³/mol. The fourth-order valence-corrected chi connectivity index (χ4v) is 1.64. The molecule has 0 spiro atoms. The molecule has 74 valence electrons. The van der Waals surface area contributed by atoms with Crippen LogP contribution in [0.3, 0.4) is 0 Å². The highest BCUT2D eigenvalue weighted by atomic mass is 16.2. The standard InChI is InChI=1S/C9H16N2O2/c1-6(2)7(5-10)11-8(12)3-4-9(11)13/h6-7H,3-5,10H2,1-2H3. The maximum atomic E-state index is 11.3. The first-order valence-corrected chi connectivity index (χ1v) is 4.63. The largest absolute Gasteiger partial charge is 0.328 e. The zero-order chi connectivity index (χ0) is 10.0. The van der Waals surface area contributed by atoms with E-state index in [-0.39, 0.29) is 23.8 Å². The van der Waals surface area contributed by atoms with Crippen molar-refractivity contribution in [1.29, 1.82) is 0 Å². The highest BCUT2D eigenvalue weighted by Gasteiger charge is 2.35. The molecule has 1 unspecified atom stereocenters. The Hall–Kier alpha value is -0.900. The second kappa shape index (κ2) is 3.87. The molecule has 0 bridgehead atoms. The minimum atomic E-state index is -0.123. The molecule has 0 radical (unpaired) electrons. The summed E-state index contributed by atoms with van der Waals surface area (Å²) in [4.78, 5) is 24.0. The first kappa shape index (κ1) is 10.2. The maximum Gasteiger partial charge on any atom is 0.229 e. The van der Waals surface area contributed by atoms with Crippen LogP contribution in [0.5, 0.6) is 0 Å². The molecule has 1 rings (SSSR count). The van der Waals surface area contributed by atoms with Crippen LogP contribution in [0.4, 0.5) is 0 Å². The summed E-state index contributed by atoms with van der Waals surface area (Å²) in [6, 6.07) is -0.123. The van der Waals surface area contributed by atoms with E-state index in [4.69, 9.17) is 5.73 Å². The molecule has 1 fully saturated rings. The van der Waals surface area contributed by atoms with Gasteiger partial charge in [0, 0.05) is 19.4 Å². The number of nitrogens with two attached hydrogens (primary N) is 1. The van der Waals surface area contributed by atoms with Crippen LogP contribution < -0.4 is 5.73 Å². The maximum absolute atomic E-state index is 11.3. The van der Waals surface area contributed by atoms with Gasteiger partial charge in [-0.05, 0) is 5.92 Å². The van der Waals surface area contributed by atoms with Crippen molar-refractivity contribution in [2.24, 2.45) is 11.7 Å². The summed E-state index contributed by atoms with van der Waals surface area (Å²) in [7, 11) is 0. The van der Waals surface area contributed by atoms with Crippen LogP contribution in [-0.4, -0.2) is 29.3 Å². The summed E-state index contributed by atoms with van der Waals surface area (Å²) in [5.74, 6) is 0.0827. The first-order valence-electron chi connectivity index (χ1n) is 4.63. The van der Waals surface area contributed by atoms with E-state index < -0.39 is 0 Å². The van der Waals surface area contributed by atoms with Gasteiger partial charge in [-0.3, -0.25) is 14.5 Å². The molecule has 0 saturated carbocycles. The van der Waals surface area contributed by atoms with Crippen LogP contribution in [0.15, 0.2) is 0 Å². The van der Waals surface area contributed by atoms with Crippen LogP contribution in [0.25, 0.3) is 0 Å². The lowest BCUT2D eigenvalue weighted by Crippen LogP contribution is -2.46. The smallest absolute Gasteiger partial charge is 0.229 e. The first-order chi connectivity index (χ1) is 6.07. The Balaban J connectivity index is 2.77. The summed E-state index contributed by atoms with van der Waals surface area (Å²) >= 11 is 0. The molecule has 4 heteroatoms. The van der Waals surface area contributed by atoms with Crippen molar-refractivity contribution in [2.45, 2.75) is 32.7 Å². The third-order valence-corrected chi connectivity index (χ3v) is 2.43. The summed E-state index contributed by atoms with van der Waals surface area (Å²) in [6.07, 6.45) is 0.699. The molecule has 1 aliphatic rings. The molecule has 0 aromatic heterocycles. The number of carbonyl (C=O) groups is 2. The molecule has 13 heavy (non-hydrogen) atoms. The van der Waals surface area contributed by atoms with Crippen LogP contribution >= 0.6 is 0 Å². The molecule has 1 aliphatic heterocycles. The Morgan fingerprint density at radius 3 is 2.08 bits per heavy atom. The van der Waals surface area contributed by atoms with Crippen molar-refractivity contribution in [3.05, 3.63) is 0 Å². The fourth-order valence-electron chi connectivity index (χ4n) is 1.64. The van der Waals surface area contributed by atoms with E-state index in [2.05, 4.69) is 0 Å². The van der Waals surface area contributed by atoms with Gasteiger partial charge in [0.1, 0.15) is 0 Å². The van der Waals surface area contributed by atoms with Crippen molar-refractivity contribution in [3.63, 3.8) is 0 Å². The quantitative estimate of drug-likeness (QED) is 0.633. The lowest BCUT2D eigenvalue weighted by atomic mass is 10.0. The van der Waals surface area contributed by atoms with Gasteiger partial charge in [-0.2, -0.15) is 0 Å². The monoisotopic (exact) mass is 184 g/mol. The average molecular weight is 184 g/mol. The Morgan fingerprint density at radius 2 is 1.77 bits per heavy atom. The number of amides is 2. The third kappa shape index (κ3) is 1.88. The number of carbonyl (C=O) groups excluding carboxylic acids is 2. The molecule has 1 atom stereocenters. The zero-order valence-corrected chi connectivity index (χ0v) is 8.12. The molecule has 1 saturated heterocycles. The molecule has 2 amide bonds. The van der Waals surface area contributed by atoms with Crippen molar-refractivity contribution in [2.75, 3.05) is 6.54 Å². The number of rotatable bonds is 3. The van der Waals surface area contributed by atoms with Gasteiger partial charge in [-0.15, -0.1) is 0 Å². The second-order valence-corrected chi connectivity index (χ2v) is 3.70. The second-order valence-electron chi connectivity index (χ2n) is 3.70. The van der Waals surface area contributed by atoms with Crippen molar-refractivity contribution < 1.29 is 9.59 Å². The number of hydrogen-bond acceptors (Lipinski definition) is 3. The van der Waals surface area contributed by atoms with Gasteiger partial charge in [-0.1, -0.05) is 13.8 Å². The summed E-state index contributed by atoms with van der Waals surface area (Å²) < 4.78 is 0. The SMILES string of the molecule is CC(C)C(CN)N1C(=O)CCC1=O. The molecule has 2 N–H and O–H groups in total. The lowest BCUT2D eigenvalue weighted by Gasteiger charge is -2.27. The van der Waals surface area contributed by atoms with Gasteiger partial charge < -0.3 is 5.73 Å². The number of hydrogen-bond donors (Lipinski definition) is 1. The van der Waals surface area contributed by atoms with Gasteiger partial charge >= 0.3 is 0 Å². The normalized spacial score (nSPS) is 20.2. The summed E-state index contributed by atoms with van der Waals surface area (Å²) in [5, 5.41) is 0. The molecule has 0 aromatic rings. The van der Waals surface area contributed by atoms with Crippen molar-refractivity contribution >= 4 is 11.8 Å². The van der Waals surface area contributed by atoms with Crippen molar-refractivity contribution in [1.82, 2.24) is 4.90 Å². The van der Waals surface area contributed by atoms with E-state index in [1.165, 1.54) is 4.90 Å². The van der Waals surface area contributed by atoms with Crippen LogP contribution in [0, 0.1) is 5.92 Å². The van der Waals surface area contributed by atoms with E-state index in [0.717, 1.165) is 0 Å². The molecular weight excluding hydrogens is 168 g/mol. The van der Waals surface area contributed by atoms with Crippen LogP contribution in [-0.2, 0) is 9.59 Å². The number of imide groups is 1. The van der Waals surface area contributed by atoms with E-state index >= 15 is 0 Å². The Bertz CT molecular complexity index is 210. The predicted octanol–water partition coefficient (Wildman–Crippen LogP) is 0.119. The van der Waals surface area contributed by atoms with Crippen molar-refractivity contribution in [3.8, 4) is 0 Å². The van der Waals surface area contributed by atoms with Gasteiger partial charge in [0.2, 0.25) is 11.8 Å². The molecular formula is C9H16N2O2. The molecule has 0 aromatic carbocycles. The van der Waals surface area contributed by atoms with E-state index in [1.807, 2.05) is 13.8 Å². The van der Waals surface area contributed by atoms with Gasteiger partial charge in [0.05, 0.1) is 6.04 Å². The number of likely N-dealkylation sites (tertiary alicyclic amines) is 1. The fraction of sp³-hybridized carbons (Fsp3) is 0.778. The number of nitrogens with zero attached hydrogens (tertiary/aromatic N) is 1. The topological polar surface area (TPSA) is 63.4 Å². The minimum absolute atomic E-state index is 0.0749. The highest BCUT2D eigenvalue weighted by molar-refractivity contribution is 6.02. The zero-order valence-electron chi connectivity index (χ0n) is 8.12. The summed E-state index contributed by atoms with van der Waals surface area (Å²) in [5.41, 5.74) is 5.53. The summed E-state index contributed by atoms with van der Waals surface area (Å²) in [6.45, 7) is 4.29. The average Bonchev–Trinajstić information content (AvgIpc) is 2.36. The van der Waals surface area contributed by atoms with E-state index in [1.54, 1.807) is 0 Å². The van der Waals surface area contributed by atoms with E-state index in [9.17, 15) is 9.59 Å². The molecule has 4 nitrogen and oxygen atoms in total. The van der Waals surface area contributed by atoms with Crippen LogP contribution in [0.1, 0.15) is 26.7 Å². The Morgan fingerprint density at radius 1 is 1.31 bits per heavy atom. The van der Waals surface area contributed by atoms with Gasteiger partial charge in [-0.25, -0.2) is 0 Å². The minimum Gasteiger partial charge on any atom is -0.328 e. The third-order valence-electron chi connectivity index (χ3n) is 2.43. The molecule has 1 heterocycles. The highest BCUT2D eigenvalue weighted by Crippen LogP contribution is 2.19. The Kier molecular flexibility index (Phi) is 3.03. The Labute approximate surface area is 78.1 Å². The van der Waals surface area contributed by atoms with Gasteiger partial charge in [0.15, 0.2) is 0 Å². The van der Waals surface area contributed by atoms with Gasteiger partial charge in [0.25, 0.3) is 0 Å². The molecule has 0 aliphatic carbocycles. The van der Waals surface area contributed by atoms with E-state index in [0.29, 0.717) is 19.4 Å². The van der Waals surface area contributed by atoms with Crippen LogP contribution in [0.2, 0.25) is 0 Å².